The lowest BCUT2D eigenvalue weighted by atomic mass is 9.97. The summed E-state index contributed by atoms with van der Waals surface area (Å²) in [4.78, 5) is 0. The van der Waals surface area contributed by atoms with Crippen LogP contribution < -0.4 is 5.32 Å². The fraction of sp³-hybridized carbons (Fsp3) is 0.250. The van der Waals surface area contributed by atoms with Crippen LogP contribution in [0, 0.1) is 12.7 Å². The van der Waals surface area contributed by atoms with Crippen molar-refractivity contribution in [3.8, 4) is 0 Å². The van der Waals surface area contributed by atoms with Crippen LogP contribution in [0.15, 0.2) is 46.9 Å². The van der Waals surface area contributed by atoms with Crippen molar-refractivity contribution in [2.24, 2.45) is 0 Å². The normalized spacial score (nSPS) is 12.4. The average Bonchev–Trinajstić information content (AvgIpc) is 2.41. The van der Waals surface area contributed by atoms with Crippen molar-refractivity contribution in [3.05, 3.63) is 69.4 Å². The van der Waals surface area contributed by atoms with E-state index in [1.54, 1.807) is 6.07 Å². The molecule has 100 valence electrons. The molecule has 0 heterocycles. The molecule has 0 aliphatic rings. The lowest BCUT2D eigenvalue weighted by Crippen LogP contribution is -2.20. The molecule has 19 heavy (non-hydrogen) atoms. The molecule has 0 amide bonds. The molecular weight excluding hydrogens is 305 g/mol. The van der Waals surface area contributed by atoms with E-state index in [-0.39, 0.29) is 11.9 Å². The van der Waals surface area contributed by atoms with Crippen LogP contribution in [0.3, 0.4) is 0 Å². The molecular formula is C16H17BrFN. The Hall–Kier alpha value is -1.19. The highest BCUT2D eigenvalue weighted by molar-refractivity contribution is 9.10. The maximum Gasteiger partial charge on any atom is 0.126 e. The van der Waals surface area contributed by atoms with Gasteiger partial charge >= 0.3 is 0 Å². The maximum absolute atomic E-state index is 13.7. The molecule has 0 aliphatic heterocycles. The molecule has 0 aromatic heterocycles. The second-order valence-electron chi connectivity index (χ2n) is 4.61. The third kappa shape index (κ3) is 3.23. The summed E-state index contributed by atoms with van der Waals surface area (Å²) in [5, 5.41) is 3.27. The predicted octanol–water partition coefficient (Wildman–Crippen LogP) is 4.40. The molecule has 1 unspecified atom stereocenters. The topological polar surface area (TPSA) is 12.0 Å². The molecule has 3 heteroatoms. The molecule has 0 bridgehead atoms. The smallest absolute Gasteiger partial charge is 0.126 e. The van der Waals surface area contributed by atoms with Crippen LogP contribution >= 0.6 is 15.9 Å². The quantitative estimate of drug-likeness (QED) is 0.880. The van der Waals surface area contributed by atoms with Gasteiger partial charge in [0.15, 0.2) is 0 Å². The minimum atomic E-state index is -0.147. The molecule has 2 aromatic carbocycles. The van der Waals surface area contributed by atoms with Gasteiger partial charge in [-0.3, -0.25) is 0 Å². The van der Waals surface area contributed by atoms with E-state index >= 15 is 0 Å². The first-order valence-corrected chi connectivity index (χ1v) is 7.08. The Morgan fingerprint density at radius 1 is 1.16 bits per heavy atom. The highest BCUT2D eigenvalue weighted by Gasteiger charge is 2.15. The number of likely N-dealkylation sites (N-methyl/N-ethyl adjacent to an activating group) is 1. The molecule has 0 saturated heterocycles. The molecule has 1 atom stereocenters. The first-order valence-electron chi connectivity index (χ1n) is 6.29. The molecule has 0 spiro atoms. The maximum atomic E-state index is 13.7. The van der Waals surface area contributed by atoms with Crippen molar-refractivity contribution < 1.29 is 4.39 Å². The lowest BCUT2D eigenvalue weighted by Gasteiger charge is -2.19. The standard InChI is InChI=1S/C16H17BrFN/c1-11-6-5-8-13(16(11)17)15(19-2)10-12-7-3-4-9-14(12)18/h3-9,15,19H,10H2,1-2H3. The first-order chi connectivity index (χ1) is 9.13. The van der Waals surface area contributed by atoms with Crippen molar-refractivity contribution >= 4 is 15.9 Å². The average molecular weight is 322 g/mol. The van der Waals surface area contributed by atoms with E-state index in [9.17, 15) is 4.39 Å². The van der Waals surface area contributed by atoms with Gasteiger partial charge in [-0.05, 0) is 43.1 Å². The summed E-state index contributed by atoms with van der Waals surface area (Å²) < 4.78 is 14.8. The Kier molecular flexibility index (Phi) is 4.72. The zero-order valence-electron chi connectivity index (χ0n) is 11.1. The second-order valence-corrected chi connectivity index (χ2v) is 5.41. The van der Waals surface area contributed by atoms with Gasteiger partial charge in [0.05, 0.1) is 0 Å². The molecule has 1 nitrogen and oxygen atoms in total. The predicted molar refractivity (Wildman–Crippen MR) is 80.8 cm³/mol. The van der Waals surface area contributed by atoms with Gasteiger partial charge in [0.1, 0.15) is 5.82 Å². The van der Waals surface area contributed by atoms with E-state index in [4.69, 9.17) is 0 Å². The van der Waals surface area contributed by atoms with Crippen molar-refractivity contribution in [1.82, 2.24) is 5.32 Å². The van der Waals surface area contributed by atoms with Gasteiger partial charge in [-0.1, -0.05) is 52.3 Å². The lowest BCUT2D eigenvalue weighted by molar-refractivity contribution is 0.553. The molecule has 2 aromatic rings. The minimum Gasteiger partial charge on any atom is -0.313 e. The van der Waals surface area contributed by atoms with Crippen molar-refractivity contribution in [2.45, 2.75) is 19.4 Å². The Balaban J connectivity index is 2.31. The number of nitrogens with one attached hydrogen (secondary N) is 1. The highest BCUT2D eigenvalue weighted by atomic mass is 79.9. The summed E-state index contributed by atoms with van der Waals surface area (Å²) in [6.45, 7) is 2.06. The van der Waals surface area contributed by atoms with E-state index in [1.165, 1.54) is 11.6 Å². The van der Waals surface area contributed by atoms with Crippen LogP contribution in [0.25, 0.3) is 0 Å². The van der Waals surface area contributed by atoms with Crippen LogP contribution in [0.2, 0.25) is 0 Å². The van der Waals surface area contributed by atoms with Gasteiger partial charge in [0, 0.05) is 10.5 Å². The van der Waals surface area contributed by atoms with E-state index in [0.29, 0.717) is 6.42 Å². The molecule has 0 radical (unpaired) electrons. The minimum absolute atomic E-state index is 0.0891. The number of halogens is 2. The second kappa shape index (κ2) is 6.31. The zero-order chi connectivity index (χ0) is 13.8. The third-order valence-electron chi connectivity index (χ3n) is 3.33. The summed E-state index contributed by atoms with van der Waals surface area (Å²) in [6.07, 6.45) is 0.630. The van der Waals surface area contributed by atoms with E-state index < -0.39 is 0 Å². The Morgan fingerprint density at radius 2 is 1.89 bits per heavy atom. The number of benzene rings is 2. The Labute approximate surface area is 122 Å². The van der Waals surface area contributed by atoms with Crippen LogP contribution in [-0.2, 0) is 6.42 Å². The van der Waals surface area contributed by atoms with E-state index in [0.717, 1.165) is 15.6 Å². The summed E-state index contributed by atoms with van der Waals surface area (Å²) in [5.41, 5.74) is 3.08. The third-order valence-corrected chi connectivity index (χ3v) is 4.41. The van der Waals surface area contributed by atoms with Crippen molar-refractivity contribution in [3.63, 3.8) is 0 Å². The van der Waals surface area contributed by atoms with Gasteiger partial charge in [-0.25, -0.2) is 4.39 Å². The van der Waals surface area contributed by atoms with E-state index in [1.807, 2.05) is 25.2 Å². The summed E-state index contributed by atoms with van der Waals surface area (Å²) in [6, 6.07) is 13.2. The fourth-order valence-corrected chi connectivity index (χ4v) is 2.73. The SMILES string of the molecule is CNC(Cc1ccccc1F)c1cccc(C)c1Br. The van der Waals surface area contributed by atoms with Crippen LogP contribution in [0.1, 0.15) is 22.7 Å². The monoisotopic (exact) mass is 321 g/mol. The summed E-state index contributed by atoms with van der Waals surface area (Å²) >= 11 is 3.62. The van der Waals surface area contributed by atoms with Crippen LogP contribution in [0.4, 0.5) is 4.39 Å². The largest absolute Gasteiger partial charge is 0.313 e. The highest BCUT2D eigenvalue weighted by Crippen LogP contribution is 2.29. The van der Waals surface area contributed by atoms with Crippen molar-refractivity contribution in [2.75, 3.05) is 7.05 Å². The first kappa shape index (κ1) is 14.2. The number of rotatable bonds is 4. The van der Waals surface area contributed by atoms with Gasteiger partial charge in [0.2, 0.25) is 0 Å². The van der Waals surface area contributed by atoms with Crippen LogP contribution in [-0.4, -0.2) is 7.05 Å². The van der Waals surface area contributed by atoms with Gasteiger partial charge in [0.25, 0.3) is 0 Å². The van der Waals surface area contributed by atoms with Crippen LogP contribution in [0.5, 0.6) is 0 Å². The summed E-state index contributed by atoms with van der Waals surface area (Å²) in [5.74, 6) is -0.147. The van der Waals surface area contributed by atoms with Gasteiger partial charge < -0.3 is 5.32 Å². The Morgan fingerprint density at radius 3 is 2.58 bits per heavy atom. The van der Waals surface area contributed by atoms with Gasteiger partial charge in [-0.15, -0.1) is 0 Å². The molecule has 1 N–H and O–H groups in total. The molecule has 0 aliphatic carbocycles. The zero-order valence-corrected chi connectivity index (χ0v) is 12.7. The number of hydrogen-bond acceptors (Lipinski definition) is 1. The Bertz CT molecular complexity index is 568. The number of hydrogen-bond donors (Lipinski definition) is 1. The summed E-state index contributed by atoms with van der Waals surface area (Å²) in [7, 11) is 1.90. The van der Waals surface area contributed by atoms with Crippen molar-refractivity contribution in [1.29, 1.82) is 0 Å². The molecule has 0 fully saturated rings. The number of aryl methyl sites for hydroxylation is 1. The molecule has 0 saturated carbocycles. The molecule has 2 rings (SSSR count). The van der Waals surface area contributed by atoms with E-state index in [2.05, 4.69) is 40.3 Å². The van der Waals surface area contributed by atoms with Gasteiger partial charge in [-0.2, -0.15) is 0 Å². The fourth-order valence-electron chi connectivity index (χ4n) is 2.19.